The number of aromatic nitrogens is 1. The standard InChI is InChI=1S/C17H26N4O4/c1-20-4-6-21(7-5-20)16(22)9-12-2-3-18-11-13(12)8-14-10-15(17(23)24)25-19-14/h10,12-13,18H,2-9,11H2,1H3,(H,23,24)/t12-,13+/m1/s1. The van der Waals surface area contributed by atoms with Crippen LogP contribution in [0.4, 0.5) is 0 Å². The number of aromatic carboxylic acids is 1. The predicted molar refractivity (Wildman–Crippen MR) is 90.3 cm³/mol. The first-order valence-electron chi connectivity index (χ1n) is 8.89. The van der Waals surface area contributed by atoms with Crippen LogP contribution in [-0.4, -0.2) is 78.3 Å². The summed E-state index contributed by atoms with van der Waals surface area (Å²) >= 11 is 0. The van der Waals surface area contributed by atoms with Crippen LogP contribution in [0, 0.1) is 11.8 Å². The van der Waals surface area contributed by atoms with Gasteiger partial charge < -0.3 is 24.7 Å². The summed E-state index contributed by atoms with van der Waals surface area (Å²) < 4.78 is 4.84. The summed E-state index contributed by atoms with van der Waals surface area (Å²) in [5.74, 6) is -0.460. The quantitative estimate of drug-likeness (QED) is 0.788. The zero-order chi connectivity index (χ0) is 17.8. The molecular formula is C17H26N4O4. The minimum atomic E-state index is -1.11. The van der Waals surface area contributed by atoms with Crippen molar-refractivity contribution in [2.75, 3.05) is 46.3 Å². The van der Waals surface area contributed by atoms with Gasteiger partial charge in [-0.3, -0.25) is 4.79 Å². The van der Waals surface area contributed by atoms with Crippen LogP contribution in [0.5, 0.6) is 0 Å². The van der Waals surface area contributed by atoms with E-state index in [2.05, 4.69) is 22.4 Å². The van der Waals surface area contributed by atoms with E-state index < -0.39 is 5.97 Å². The average molecular weight is 350 g/mol. The average Bonchev–Trinajstić information content (AvgIpc) is 3.06. The molecule has 2 N–H and O–H groups in total. The van der Waals surface area contributed by atoms with Gasteiger partial charge in [0.15, 0.2) is 0 Å². The molecule has 2 atom stereocenters. The number of carboxylic acid groups (broad SMARTS) is 1. The Morgan fingerprint density at radius 1 is 1.32 bits per heavy atom. The SMILES string of the molecule is CN1CCN(C(=O)C[C@H]2CCNC[C@@H]2Cc2cc(C(=O)O)on2)CC1. The van der Waals surface area contributed by atoms with Crippen LogP contribution in [0.2, 0.25) is 0 Å². The minimum Gasteiger partial charge on any atom is -0.475 e. The van der Waals surface area contributed by atoms with Crippen molar-refractivity contribution in [1.82, 2.24) is 20.3 Å². The van der Waals surface area contributed by atoms with E-state index in [-0.39, 0.29) is 17.6 Å². The summed E-state index contributed by atoms with van der Waals surface area (Å²) in [4.78, 5) is 27.8. The van der Waals surface area contributed by atoms with Crippen LogP contribution in [0.3, 0.4) is 0 Å². The van der Waals surface area contributed by atoms with E-state index in [1.54, 1.807) is 0 Å². The highest BCUT2D eigenvalue weighted by Crippen LogP contribution is 2.27. The fourth-order valence-electron chi connectivity index (χ4n) is 3.67. The number of piperidine rings is 1. The first kappa shape index (κ1) is 17.9. The molecule has 2 saturated heterocycles. The Bertz CT molecular complexity index is 610. The lowest BCUT2D eigenvalue weighted by molar-refractivity contribution is -0.134. The third kappa shape index (κ3) is 4.58. The largest absolute Gasteiger partial charge is 0.475 e. The number of hydrogen-bond donors (Lipinski definition) is 2. The van der Waals surface area contributed by atoms with Gasteiger partial charge in [-0.2, -0.15) is 0 Å². The van der Waals surface area contributed by atoms with Gasteiger partial charge in [0.1, 0.15) is 0 Å². The number of piperazine rings is 1. The highest BCUT2D eigenvalue weighted by atomic mass is 16.5. The van der Waals surface area contributed by atoms with Gasteiger partial charge >= 0.3 is 5.97 Å². The van der Waals surface area contributed by atoms with Crippen LogP contribution in [0.15, 0.2) is 10.6 Å². The van der Waals surface area contributed by atoms with Gasteiger partial charge in [-0.15, -0.1) is 0 Å². The summed E-state index contributed by atoms with van der Waals surface area (Å²) in [5.41, 5.74) is 0.642. The zero-order valence-corrected chi connectivity index (χ0v) is 14.6. The molecule has 0 spiro atoms. The molecule has 0 unspecified atom stereocenters. The van der Waals surface area contributed by atoms with Gasteiger partial charge in [0.25, 0.3) is 0 Å². The highest BCUT2D eigenvalue weighted by molar-refractivity contribution is 5.84. The number of carbonyl (C=O) groups is 2. The summed E-state index contributed by atoms with van der Waals surface area (Å²) in [5, 5.41) is 16.2. The number of nitrogens with one attached hydrogen (secondary N) is 1. The number of carbonyl (C=O) groups excluding carboxylic acids is 1. The maximum atomic E-state index is 12.6. The van der Waals surface area contributed by atoms with Crippen LogP contribution in [-0.2, 0) is 11.2 Å². The molecule has 1 amide bonds. The molecule has 8 heteroatoms. The van der Waals surface area contributed by atoms with Gasteiger partial charge in [0, 0.05) is 38.7 Å². The Labute approximate surface area is 147 Å². The molecule has 2 aliphatic heterocycles. The molecular weight excluding hydrogens is 324 g/mol. The Hall–Kier alpha value is -1.93. The lowest BCUT2D eigenvalue weighted by atomic mass is 9.81. The summed E-state index contributed by atoms with van der Waals surface area (Å²) in [6.45, 7) is 5.19. The van der Waals surface area contributed by atoms with Crippen LogP contribution >= 0.6 is 0 Å². The second-order valence-electron chi connectivity index (χ2n) is 7.09. The highest BCUT2D eigenvalue weighted by Gasteiger charge is 2.30. The number of hydrogen-bond acceptors (Lipinski definition) is 6. The summed E-state index contributed by atoms with van der Waals surface area (Å²) in [7, 11) is 2.08. The van der Waals surface area contributed by atoms with Gasteiger partial charge in [-0.05, 0) is 44.8 Å². The molecule has 1 aromatic heterocycles. The van der Waals surface area contributed by atoms with E-state index in [1.807, 2.05) is 4.90 Å². The first-order valence-corrected chi connectivity index (χ1v) is 8.89. The van der Waals surface area contributed by atoms with Crippen molar-refractivity contribution in [1.29, 1.82) is 0 Å². The van der Waals surface area contributed by atoms with Crippen LogP contribution in [0.1, 0.15) is 29.1 Å². The molecule has 1 aromatic rings. The van der Waals surface area contributed by atoms with Crippen molar-refractivity contribution in [2.24, 2.45) is 11.8 Å². The molecule has 0 aromatic carbocycles. The first-order chi connectivity index (χ1) is 12.0. The second-order valence-corrected chi connectivity index (χ2v) is 7.09. The number of likely N-dealkylation sites (N-methyl/N-ethyl adjacent to an activating group) is 1. The van der Waals surface area contributed by atoms with Crippen molar-refractivity contribution in [3.63, 3.8) is 0 Å². The topological polar surface area (TPSA) is 98.9 Å². The fraction of sp³-hybridized carbons (Fsp3) is 0.706. The molecule has 3 rings (SSSR count). The number of rotatable bonds is 5. The van der Waals surface area contributed by atoms with E-state index in [0.29, 0.717) is 24.5 Å². The molecule has 2 fully saturated rings. The molecule has 0 saturated carbocycles. The van der Waals surface area contributed by atoms with Crippen LogP contribution < -0.4 is 5.32 Å². The fourth-order valence-corrected chi connectivity index (χ4v) is 3.67. The van der Waals surface area contributed by atoms with Crippen molar-refractivity contribution < 1.29 is 19.2 Å². The predicted octanol–water partition coefficient (Wildman–Crippen LogP) is 0.305. The van der Waals surface area contributed by atoms with E-state index in [1.165, 1.54) is 6.07 Å². The van der Waals surface area contributed by atoms with Crippen molar-refractivity contribution >= 4 is 11.9 Å². The third-order valence-corrected chi connectivity index (χ3v) is 5.30. The van der Waals surface area contributed by atoms with Gasteiger partial charge in [-0.25, -0.2) is 4.79 Å². The number of amides is 1. The molecule has 8 nitrogen and oxygen atoms in total. The van der Waals surface area contributed by atoms with Gasteiger partial charge in [0.05, 0.1) is 5.69 Å². The van der Waals surface area contributed by atoms with Crippen molar-refractivity contribution in [3.8, 4) is 0 Å². The lowest BCUT2D eigenvalue weighted by Crippen LogP contribution is -2.48. The zero-order valence-electron chi connectivity index (χ0n) is 14.6. The normalized spacial score (nSPS) is 25.1. The molecule has 0 aliphatic carbocycles. The smallest absolute Gasteiger partial charge is 0.374 e. The van der Waals surface area contributed by atoms with Gasteiger partial charge in [0.2, 0.25) is 11.7 Å². The second kappa shape index (κ2) is 7.97. The number of carboxylic acids is 1. The van der Waals surface area contributed by atoms with Gasteiger partial charge in [-0.1, -0.05) is 5.16 Å². The molecule has 0 bridgehead atoms. The Kier molecular flexibility index (Phi) is 5.70. The van der Waals surface area contributed by atoms with E-state index >= 15 is 0 Å². The Morgan fingerprint density at radius 3 is 2.76 bits per heavy atom. The number of nitrogens with zero attached hydrogens (tertiary/aromatic N) is 3. The van der Waals surface area contributed by atoms with E-state index in [0.717, 1.165) is 45.7 Å². The van der Waals surface area contributed by atoms with E-state index in [9.17, 15) is 9.59 Å². The molecule has 25 heavy (non-hydrogen) atoms. The molecule has 3 heterocycles. The Morgan fingerprint density at radius 2 is 2.08 bits per heavy atom. The third-order valence-electron chi connectivity index (χ3n) is 5.30. The minimum absolute atomic E-state index is 0.135. The monoisotopic (exact) mass is 350 g/mol. The van der Waals surface area contributed by atoms with Crippen molar-refractivity contribution in [3.05, 3.63) is 17.5 Å². The summed E-state index contributed by atoms with van der Waals surface area (Å²) in [6.07, 6.45) is 2.14. The summed E-state index contributed by atoms with van der Waals surface area (Å²) in [6, 6.07) is 1.48. The molecule has 0 radical (unpaired) electrons. The van der Waals surface area contributed by atoms with Crippen LogP contribution in [0.25, 0.3) is 0 Å². The lowest BCUT2D eigenvalue weighted by Gasteiger charge is -2.36. The maximum absolute atomic E-state index is 12.6. The van der Waals surface area contributed by atoms with Crippen molar-refractivity contribution in [2.45, 2.75) is 19.3 Å². The Balaban J connectivity index is 1.58. The van der Waals surface area contributed by atoms with E-state index in [4.69, 9.17) is 9.63 Å². The maximum Gasteiger partial charge on any atom is 0.374 e. The molecule has 138 valence electrons. The molecule has 2 aliphatic rings.